The molecule has 1 heterocycles. The number of aromatic nitrogens is 1. The smallest absolute Gasteiger partial charge is 0.0560 e. The molecule has 0 saturated heterocycles. The molecule has 1 rings (SSSR count). The molecule has 0 N–H and O–H groups in total. The molecule has 0 fully saturated rings. The maximum Gasteiger partial charge on any atom is 0.0560 e. The van der Waals surface area contributed by atoms with Gasteiger partial charge in [-0.05, 0) is 34.5 Å². The Bertz CT molecular complexity index is 252. The summed E-state index contributed by atoms with van der Waals surface area (Å²) in [6.45, 7) is 2.08. The molecule has 12 heavy (non-hydrogen) atoms. The normalized spacial score (nSPS) is 12.9. The van der Waals surface area contributed by atoms with Gasteiger partial charge >= 0.3 is 0 Å². The van der Waals surface area contributed by atoms with Crippen LogP contribution in [0.4, 0.5) is 0 Å². The molecule has 0 bridgehead atoms. The second kappa shape index (κ2) is 4.83. The number of pyridine rings is 1. The minimum absolute atomic E-state index is 0.191. The summed E-state index contributed by atoms with van der Waals surface area (Å²) in [6.07, 6.45) is 3.60. The maximum absolute atomic E-state index is 6.01. The van der Waals surface area contributed by atoms with Crippen LogP contribution in [0, 0.1) is 0 Å². The van der Waals surface area contributed by atoms with E-state index in [0.29, 0.717) is 0 Å². The average Bonchev–Trinajstić information content (AvgIpc) is 2.09. The second-order valence-corrected chi connectivity index (χ2v) is 4.11. The van der Waals surface area contributed by atoms with Gasteiger partial charge < -0.3 is 0 Å². The third kappa shape index (κ3) is 2.76. The van der Waals surface area contributed by atoms with Gasteiger partial charge in [0, 0.05) is 22.5 Å². The summed E-state index contributed by atoms with van der Waals surface area (Å²) in [7, 11) is 0. The van der Waals surface area contributed by atoms with Crippen molar-refractivity contribution in [2.24, 2.45) is 0 Å². The van der Waals surface area contributed by atoms with Crippen LogP contribution in [0.25, 0.3) is 0 Å². The summed E-state index contributed by atoms with van der Waals surface area (Å²) >= 11 is 9.44. The van der Waals surface area contributed by atoms with E-state index >= 15 is 0 Å². The molecule has 0 spiro atoms. The molecule has 0 aromatic carbocycles. The molecule has 3 heteroatoms. The molecule has 1 aromatic heterocycles. The molecule has 1 nitrogen and oxygen atoms in total. The van der Waals surface area contributed by atoms with Crippen molar-refractivity contribution < 1.29 is 0 Å². The molecule has 1 aromatic rings. The Balaban J connectivity index is 2.69. The minimum atomic E-state index is 0.191. The van der Waals surface area contributed by atoms with Crippen LogP contribution in [-0.4, -0.2) is 10.4 Å². The topological polar surface area (TPSA) is 12.9 Å². The van der Waals surface area contributed by atoms with Crippen molar-refractivity contribution in [3.63, 3.8) is 0 Å². The first-order valence-corrected chi connectivity index (χ1v) is 5.20. The summed E-state index contributed by atoms with van der Waals surface area (Å²) in [4.78, 5) is 4.23. The van der Waals surface area contributed by atoms with Gasteiger partial charge in [-0.1, -0.05) is 6.92 Å². The van der Waals surface area contributed by atoms with Gasteiger partial charge in [-0.25, -0.2) is 0 Å². The lowest BCUT2D eigenvalue weighted by molar-refractivity contribution is 0.783. The van der Waals surface area contributed by atoms with E-state index in [1.807, 2.05) is 12.1 Å². The minimum Gasteiger partial charge on any atom is -0.260 e. The number of hydrogen-bond donors (Lipinski definition) is 0. The first-order valence-electron chi connectivity index (χ1n) is 3.97. The Kier molecular flexibility index (Phi) is 4.02. The predicted octanol–water partition coefficient (Wildman–Crippen LogP) is 3.40. The van der Waals surface area contributed by atoms with Crippen molar-refractivity contribution in [2.45, 2.75) is 25.1 Å². The van der Waals surface area contributed by atoms with E-state index in [1.165, 1.54) is 0 Å². The maximum atomic E-state index is 6.01. The van der Waals surface area contributed by atoms with E-state index in [1.54, 1.807) is 6.20 Å². The molecular formula is C9H11BrClN. The van der Waals surface area contributed by atoms with Crippen LogP contribution in [-0.2, 0) is 6.42 Å². The molecule has 0 saturated carbocycles. The van der Waals surface area contributed by atoms with Crippen molar-refractivity contribution in [2.75, 3.05) is 0 Å². The fourth-order valence-corrected chi connectivity index (χ4v) is 1.49. The molecule has 0 amide bonds. The highest BCUT2D eigenvalue weighted by molar-refractivity contribution is 9.10. The lowest BCUT2D eigenvalue weighted by Crippen LogP contribution is -2.03. The Morgan fingerprint density at radius 1 is 1.67 bits per heavy atom. The van der Waals surface area contributed by atoms with E-state index in [9.17, 15) is 0 Å². The van der Waals surface area contributed by atoms with Crippen LogP contribution in [0.15, 0.2) is 22.8 Å². The van der Waals surface area contributed by atoms with Gasteiger partial charge in [-0.3, -0.25) is 4.98 Å². The Labute approximate surface area is 86.3 Å². The molecule has 0 radical (unpaired) electrons. The third-order valence-electron chi connectivity index (χ3n) is 1.69. The van der Waals surface area contributed by atoms with Gasteiger partial charge in [0.2, 0.25) is 0 Å². The van der Waals surface area contributed by atoms with Gasteiger partial charge in [-0.15, -0.1) is 11.6 Å². The summed E-state index contributed by atoms with van der Waals surface area (Å²) in [5.74, 6) is 0. The first-order chi connectivity index (χ1) is 5.74. The van der Waals surface area contributed by atoms with Crippen LogP contribution in [0.3, 0.4) is 0 Å². The summed E-state index contributed by atoms with van der Waals surface area (Å²) in [5.41, 5.74) is 1.04. The molecular weight excluding hydrogens is 237 g/mol. The SMILES string of the molecule is CCC(Cl)Cc1ncccc1Br. The van der Waals surface area contributed by atoms with Gasteiger partial charge in [0.25, 0.3) is 0 Å². The second-order valence-electron chi connectivity index (χ2n) is 2.64. The Hall–Kier alpha value is -0.0800. The molecule has 0 aliphatic rings. The largest absolute Gasteiger partial charge is 0.260 e. The third-order valence-corrected chi connectivity index (χ3v) is 2.88. The molecule has 1 atom stereocenters. The molecule has 0 aliphatic heterocycles. The summed E-state index contributed by atoms with van der Waals surface area (Å²) in [6, 6.07) is 3.89. The molecule has 1 unspecified atom stereocenters. The monoisotopic (exact) mass is 247 g/mol. The van der Waals surface area contributed by atoms with E-state index in [4.69, 9.17) is 11.6 Å². The average molecular weight is 249 g/mol. The van der Waals surface area contributed by atoms with Crippen molar-refractivity contribution in [3.05, 3.63) is 28.5 Å². The first kappa shape index (κ1) is 10.0. The van der Waals surface area contributed by atoms with Crippen molar-refractivity contribution in [3.8, 4) is 0 Å². The van der Waals surface area contributed by atoms with Crippen LogP contribution in [0.2, 0.25) is 0 Å². The quantitative estimate of drug-likeness (QED) is 0.747. The zero-order chi connectivity index (χ0) is 8.97. The van der Waals surface area contributed by atoms with Crippen molar-refractivity contribution >= 4 is 27.5 Å². The van der Waals surface area contributed by atoms with Crippen molar-refractivity contribution in [1.29, 1.82) is 0 Å². The fraction of sp³-hybridized carbons (Fsp3) is 0.444. The van der Waals surface area contributed by atoms with E-state index in [-0.39, 0.29) is 5.38 Å². The Morgan fingerprint density at radius 2 is 2.42 bits per heavy atom. The van der Waals surface area contributed by atoms with Crippen LogP contribution < -0.4 is 0 Å². The lowest BCUT2D eigenvalue weighted by Gasteiger charge is -2.06. The standard InChI is InChI=1S/C9H11BrClN/c1-2-7(11)6-9-8(10)4-3-5-12-9/h3-5,7H,2,6H2,1H3. The fourth-order valence-electron chi connectivity index (χ4n) is 0.923. The highest BCUT2D eigenvalue weighted by Crippen LogP contribution is 2.17. The number of alkyl halides is 1. The van der Waals surface area contributed by atoms with Gasteiger partial charge in [0.15, 0.2) is 0 Å². The van der Waals surface area contributed by atoms with Gasteiger partial charge in [0.1, 0.15) is 0 Å². The lowest BCUT2D eigenvalue weighted by atomic mass is 10.2. The van der Waals surface area contributed by atoms with Gasteiger partial charge in [-0.2, -0.15) is 0 Å². The number of nitrogens with zero attached hydrogens (tertiary/aromatic N) is 1. The van der Waals surface area contributed by atoms with E-state index in [2.05, 4.69) is 27.8 Å². The molecule has 0 aliphatic carbocycles. The zero-order valence-electron chi connectivity index (χ0n) is 6.93. The predicted molar refractivity (Wildman–Crippen MR) is 55.6 cm³/mol. The number of hydrogen-bond acceptors (Lipinski definition) is 1. The number of halogens is 2. The van der Waals surface area contributed by atoms with Gasteiger partial charge in [0.05, 0.1) is 5.69 Å². The van der Waals surface area contributed by atoms with Crippen LogP contribution in [0.5, 0.6) is 0 Å². The summed E-state index contributed by atoms with van der Waals surface area (Å²) in [5, 5.41) is 0.191. The van der Waals surface area contributed by atoms with Crippen LogP contribution >= 0.6 is 27.5 Å². The van der Waals surface area contributed by atoms with Crippen molar-refractivity contribution in [1.82, 2.24) is 4.98 Å². The zero-order valence-corrected chi connectivity index (χ0v) is 9.27. The van der Waals surface area contributed by atoms with Crippen LogP contribution in [0.1, 0.15) is 19.0 Å². The molecule has 66 valence electrons. The summed E-state index contributed by atoms with van der Waals surface area (Å²) < 4.78 is 1.05. The van der Waals surface area contributed by atoms with E-state index < -0.39 is 0 Å². The highest BCUT2D eigenvalue weighted by Gasteiger charge is 2.06. The highest BCUT2D eigenvalue weighted by atomic mass is 79.9. The Morgan fingerprint density at radius 3 is 3.00 bits per heavy atom. The number of rotatable bonds is 3. The van der Waals surface area contributed by atoms with E-state index in [0.717, 1.165) is 23.0 Å².